The lowest BCUT2D eigenvalue weighted by molar-refractivity contribution is -0.132. The van der Waals surface area contributed by atoms with Crippen LogP contribution >= 0.6 is 0 Å². The van der Waals surface area contributed by atoms with Crippen LogP contribution in [0.2, 0.25) is 0 Å². The van der Waals surface area contributed by atoms with Gasteiger partial charge in [0.05, 0.1) is 6.33 Å². The second kappa shape index (κ2) is 10.3. The lowest BCUT2D eigenvalue weighted by atomic mass is 10.0. The third-order valence-electron chi connectivity index (χ3n) is 7.35. The van der Waals surface area contributed by atoms with Gasteiger partial charge in [0.25, 0.3) is 0 Å². The SMILES string of the molecule is CN1CCN(c2ncc(-c3cc(F)ccc3N3CCN(C(=O)Cn4cnc5cccnc54)CC3)cn2)CC1. The van der Waals surface area contributed by atoms with Gasteiger partial charge in [-0.25, -0.2) is 24.3 Å². The Balaban J connectivity index is 1.14. The molecule has 1 aromatic carbocycles. The molecule has 6 rings (SSSR count). The fourth-order valence-corrected chi connectivity index (χ4v) is 5.10. The van der Waals surface area contributed by atoms with E-state index in [9.17, 15) is 9.18 Å². The lowest BCUT2D eigenvalue weighted by Crippen LogP contribution is -2.49. The van der Waals surface area contributed by atoms with E-state index in [0.29, 0.717) is 37.8 Å². The van der Waals surface area contributed by atoms with E-state index in [-0.39, 0.29) is 18.3 Å². The molecule has 0 N–H and O–H groups in total. The molecule has 5 heterocycles. The number of benzene rings is 1. The van der Waals surface area contributed by atoms with Crippen molar-refractivity contribution in [2.75, 3.05) is 69.2 Å². The van der Waals surface area contributed by atoms with E-state index in [1.54, 1.807) is 35.6 Å². The number of fused-ring (bicyclic) bond motifs is 1. The van der Waals surface area contributed by atoms with Crippen LogP contribution in [0.25, 0.3) is 22.3 Å². The number of carbonyl (C=O) groups excluding carboxylic acids is 1. The minimum atomic E-state index is -0.304. The summed E-state index contributed by atoms with van der Waals surface area (Å²) >= 11 is 0. The summed E-state index contributed by atoms with van der Waals surface area (Å²) < 4.78 is 16.1. The van der Waals surface area contributed by atoms with Crippen LogP contribution in [0.1, 0.15) is 0 Å². The lowest BCUT2D eigenvalue weighted by Gasteiger charge is -2.37. The highest BCUT2D eigenvalue weighted by atomic mass is 19.1. The number of anilines is 2. The van der Waals surface area contributed by atoms with Gasteiger partial charge in [-0.2, -0.15) is 0 Å². The molecule has 0 bridgehead atoms. The van der Waals surface area contributed by atoms with Gasteiger partial charge < -0.3 is 24.2 Å². The summed E-state index contributed by atoms with van der Waals surface area (Å²) in [4.78, 5) is 39.4. The molecule has 11 heteroatoms. The van der Waals surface area contributed by atoms with Crippen molar-refractivity contribution in [2.24, 2.45) is 0 Å². The zero-order valence-electron chi connectivity index (χ0n) is 21.4. The summed E-state index contributed by atoms with van der Waals surface area (Å²) in [6.07, 6.45) is 6.92. The highest BCUT2D eigenvalue weighted by molar-refractivity contribution is 5.80. The van der Waals surface area contributed by atoms with Crippen molar-refractivity contribution >= 4 is 28.7 Å². The zero-order valence-corrected chi connectivity index (χ0v) is 21.4. The summed E-state index contributed by atoms with van der Waals surface area (Å²) in [6, 6.07) is 8.54. The molecule has 0 aliphatic carbocycles. The third-order valence-corrected chi connectivity index (χ3v) is 7.35. The Morgan fingerprint density at radius 1 is 0.895 bits per heavy atom. The van der Waals surface area contributed by atoms with Gasteiger partial charge in [0, 0.05) is 87.8 Å². The Bertz CT molecular complexity index is 1420. The number of piperazine rings is 2. The molecule has 1 amide bonds. The number of nitrogens with zero attached hydrogens (tertiary/aromatic N) is 9. The van der Waals surface area contributed by atoms with E-state index in [0.717, 1.165) is 48.5 Å². The summed E-state index contributed by atoms with van der Waals surface area (Å²) in [7, 11) is 2.11. The Morgan fingerprint density at radius 3 is 2.39 bits per heavy atom. The number of pyridine rings is 1. The monoisotopic (exact) mass is 515 g/mol. The molecule has 2 saturated heterocycles. The van der Waals surface area contributed by atoms with Gasteiger partial charge >= 0.3 is 0 Å². The summed E-state index contributed by atoms with van der Waals surface area (Å²) in [5, 5.41) is 0. The fraction of sp³-hybridized carbons (Fsp3) is 0.370. The first-order chi connectivity index (χ1) is 18.5. The number of rotatable bonds is 5. The molecule has 2 aliphatic rings. The molecule has 38 heavy (non-hydrogen) atoms. The molecule has 0 unspecified atom stereocenters. The van der Waals surface area contributed by atoms with E-state index in [4.69, 9.17) is 0 Å². The molecule has 4 aromatic rings. The summed E-state index contributed by atoms with van der Waals surface area (Å²) in [5.74, 6) is 0.427. The van der Waals surface area contributed by atoms with Crippen molar-refractivity contribution in [1.82, 2.24) is 34.3 Å². The molecule has 0 saturated carbocycles. The number of hydrogen-bond acceptors (Lipinski definition) is 8. The van der Waals surface area contributed by atoms with E-state index < -0.39 is 0 Å². The van der Waals surface area contributed by atoms with Crippen LogP contribution < -0.4 is 9.80 Å². The van der Waals surface area contributed by atoms with E-state index >= 15 is 0 Å². The van der Waals surface area contributed by atoms with Crippen molar-refractivity contribution in [3.63, 3.8) is 0 Å². The fourth-order valence-electron chi connectivity index (χ4n) is 5.10. The number of likely N-dealkylation sites (N-methyl/N-ethyl adjacent to an activating group) is 1. The maximum Gasteiger partial charge on any atom is 0.242 e. The zero-order chi connectivity index (χ0) is 26.1. The number of halogens is 1. The molecule has 0 radical (unpaired) electrons. The van der Waals surface area contributed by atoms with Crippen molar-refractivity contribution in [3.8, 4) is 11.1 Å². The first kappa shape index (κ1) is 24.2. The van der Waals surface area contributed by atoms with Gasteiger partial charge in [-0.15, -0.1) is 0 Å². The Labute approximate surface area is 220 Å². The minimum absolute atomic E-state index is 0.0295. The minimum Gasteiger partial charge on any atom is -0.367 e. The molecule has 2 aliphatic heterocycles. The van der Waals surface area contributed by atoms with Crippen LogP contribution in [0.4, 0.5) is 16.0 Å². The Hall–Kier alpha value is -4.12. The van der Waals surface area contributed by atoms with Crippen LogP contribution in [0, 0.1) is 5.82 Å². The first-order valence-corrected chi connectivity index (χ1v) is 12.9. The summed E-state index contributed by atoms with van der Waals surface area (Å²) in [6.45, 7) is 6.37. The molecule has 3 aromatic heterocycles. The van der Waals surface area contributed by atoms with Crippen molar-refractivity contribution in [1.29, 1.82) is 0 Å². The molecular weight excluding hydrogens is 485 g/mol. The van der Waals surface area contributed by atoms with Crippen LogP contribution in [-0.2, 0) is 11.3 Å². The predicted octanol–water partition coefficient (Wildman–Crippen LogP) is 2.13. The average molecular weight is 516 g/mol. The highest BCUT2D eigenvalue weighted by Crippen LogP contribution is 2.32. The first-order valence-electron chi connectivity index (χ1n) is 12.9. The average Bonchev–Trinajstić information content (AvgIpc) is 3.36. The van der Waals surface area contributed by atoms with Crippen LogP contribution in [0.3, 0.4) is 0 Å². The number of hydrogen-bond donors (Lipinski definition) is 0. The topological polar surface area (TPSA) is 86.5 Å². The number of imidazole rings is 1. The number of aromatic nitrogens is 5. The van der Waals surface area contributed by atoms with Crippen LogP contribution in [0.15, 0.2) is 55.2 Å². The van der Waals surface area contributed by atoms with Gasteiger partial charge in [0.2, 0.25) is 11.9 Å². The van der Waals surface area contributed by atoms with Gasteiger partial charge in [0.1, 0.15) is 17.9 Å². The number of carbonyl (C=O) groups is 1. The van der Waals surface area contributed by atoms with Gasteiger partial charge in [-0.05, 0) is 37.4 Å². The van der Waals surface area contributed by atoms with Crippen LogP contribution in [0.5, 0.6) is 0 Å². The predicted molar refractivity (Wildman–Crippen MR) is 143 cm³/mol. The summed E-state index contributed by atoms with van der Waals surface area (Å²) in [5.41, 5.74) is 3.92. The standard InChI is InChI=1S/C27H30FN9O/c1-33-7-9-36(10-8-33)27-30-16-20(17-31-27)22-15-21(28)4-5-24(22)34-11-13-35(14-12-34)25(38)18-37-19-32-23-3-2-6-29-26(23)37/h2-6,15-17,19H,7-14,18H2,1H3. The molecule has 196 valence electrons. The third kappa shape index (κ3) is 4.89. The quantitative estimate of drug-likeness (QED) is 0.400. The van der Waals surface area contributed by atoms with E-state index in [2.05, 4.69) is 41.7 Å². The smallest absolute Gasteiger partial charge is 0.242 e. The molecule has 10 nitrogen and oxygen atoms in total. The largest absolute Gasteiger partial charge is 0.367 e. The maximum absolute atomic E-state index is 14.3. The Morgan fingerprint density at radius 2 is 1.63 bits per heavy atom. The second-order valence-electron chi connectivity index (χ2n) is 9.81. The van der Waals surface area contributed by atoms with E-state index in [1.165, 1.54) is 12.1 Å². The van der Waals surface area contributed by atoms with Gasteiger partial charge in [-0.3, -0.25) is 4.79 Å². The van der Waals surface area contributed by atoms with Gasteiger partial charge in [0.15, 0.2) is 5.65 Å². The van der Waals surface area contributed by atoms with Gasteiger partial charge in [-0.1, -0.05) is 0 Å². The molecular formula is C27H30FN9O. The highest BCUT2D eigenvalue weighted by Gasteiger charge is 2.24. The molecule has 2 fully saturated rings. The van der Waals surface area contributed by atoms with Crippen molar-refractivity contribution in [3.05, 3.63) is 61.1 Å². The number of amides is 1. The second-order valence-corrected chi connectivity index (χ2v) is 9.81. The maximum atomic E-state index is 14.3. The molecule has 0 atom stereocenters. The van der Waals surface area contributed by atoms with Crippen molar-refractivity contribution in [2.45, 2.75) is 6.54 Å². The van der Waals surface area contributed by atoms with E-state index in [1.807, 2.05) is 17.0 Å². The molecule has 0 spiro atoms. The normalized spacial score (nSPS) is 16.8. The van der Waals surface area contributed by atoms with Crippen molar-refractivity contribution < 1.29 is 9.18 Å². The van der Waals surface area contributed by atoms with Crippen LogP contribution in [-0.4, -0.2) is 99.6 Å². The Kier molecular flexibility index (Phi) is 6.59.